The summed E-state index contributed by atoms with van der Waals surface area (Å²) in [6, 6.07) is 2.26. The van der Waals surface area contributed by atoms with Crippen molar-refractivity contribution in [2.24, 2.45) is 0 Å². The molecule has 0 unspecified atom stereocenters. The number of hydrogen-bond donors (Lipinski definition) is 2. The van der Waals surface area contributed by atoms with E-state index in [1.54, 1.807) is 0 Å². The van der Waals surface area contributed by atoms with E-state index >= 15 is 0 Å². The van der Waals surface area contributed by atoms with Crippen LogP contribution in [0.1, 0.15) is 26.2 Å². The molecule has 19 heavy (non-hydrogen) atoms. The van der Waals surface area contributed by atoms with E-state index in [4.69, 9.17) is 0 Å². The molecule has 1 aromatic heterocycles. The van der Waals surface area contributed by atoms with Gasteiger partial charge in [0.2, 0.25) is 5.91 Å². The zero-order valence-corrected chi connectivity index (χ0v) is 11.5. The van der Waals surface area contributed by atoms with Crippen LogP contribution in [0.15, 0.2) is 12.4 Å². The summed E-state index contributed by atoms with van der Waals surface area (Å²) in [7, 11) is 1.86. The molecule has 104 valence electrons. The molecule has 6 heteroatoms. The van der Waals surface area contributed by atoms with Crippen LogP contribution in [-0.2, 0) is 4.79 Å². The zero-order valence-electron chi connectivity index (χ0n) is 11.5. The van der Waals surface area contributed by atoms with E-state index in [9.17, 15) is 4.79 Å². The third kappa shape index (κ3) is 4.39. The fourth-order valence-corrected chi connectivity index (χ4v) is 1.70. The number of likely N-dealkylation sites (N-methyl/N-ethyl adjacent to an activating group) is 1. The normalized spacial score (nSPS) is 14.0. The lowest BCUT2D eigenvalue weighted by Crippen LogP contribution is -2.36. The van der Waals surface area contributed by atoms with Gasteiger partial charge in [-0.05, 0) is 19.3 Å². The Morgan fingerprint density at radius 3 is 2.95 bits per heavy atom. The van der Waals surface area contributed by atoms with Crippen molar-refractivity contribution in [3.63, 3.8) is 0 Å². The van der Waals surface area contributed by atoms with E-state index in [1.807, 2.05) is 18.0 Å². The highest BCUT2D eigenvalue weighted by Crippen LogP contribution is 2.18. The first-order chi connectivity index (χ1) is 9.19. The average molecular weight is 263 g/mol. The Hall–Kier alpha value is -1.85. The second kappa shape index (κ2) is 6.36. The second-order valence-electron chi connectivity index (χ2n) is 4.89. The van der Waals surface area contributed by atoms with E-state index in [0.29, 0.717) is 12.6 Å². The predicted molar refractivity (Wildman–Crippen MR) is 75.2 cm³/mol. The summed E-state index contributed by atoms with van der Waals surface area (Å²) in [4.78, 5) is 21.9. The van der Waals surface area contributed by atoms with Crippen LogP contribution >= 0.6 is 0 Å². The Morgan fingerprint density at radius 2 is 2.26 bits per heavy atom. The molecule has 1 fully saturated rings. The number of carbonyl (C=O) groups excluding carboxylic acids is 1. The maximum Gasteiger partial charge on any atom is 0.239 e. The summed E-state index contributed by atoms with van der Waals surface area (Å²) in [5.74, 6) is 1.59. The Balaban J connectivity index is 1.89. The fourth-order valence-electron chi connectivity index (χ4n) is 1.70. The van der Waals surface area contributed by atoms with Gasteiger partial charge in [-0.1, -0.05) is 6.92 Å². The molecule has 1 aliphatic carbocycles. The number of hydrogen-bond acceptors (Lipinski definition) is 5. The van der Waals surface area contributed by atoms with Gasteiger partial charge in [-0.2, -0.15) is 0 Å². The van der Waals surface area contributed by atoms with Crippen LogP contribution in [0.5, 0.6) is 0 Å². The molecule has 1 aromatic rings. The Bertz CT molecular complexity index is 433. The van der Waals surface area contributed by atoms with Crippen molar-refractivity contribution in [1.29, 1.82) is 0 Å². The summed E-state index contributed by atoms with van der Waals surface area (Å²) in [5.41, 5.74) is 0. The minimum absolute atomic E-state index is 0.0479. The first-order valence-corrected chi connectivity index (χ1v) is 6.75. The summed E-state index contributed by atoms with van der Waals surface area (Å²) in [5, 5.41) is 6.17. The molecule has 6 nitrogen and oxygen atoms in total. The van der Waals surface area contributed by atoms with Gasteiger partial charge in [-0.15, -0.1) is 0 Å². The lowest BCUT2D eigenvalue weighted by atomic mass is 10.4. The van der Waals surface area contributed by atoms with Crippen LogP contribution in [0.3, 0.4) is 0 Å². The monoisotopic (exact) mass is 263 g/mol. The van der Waals surface area contributed by atoms with E-state index in [0.717, 1.165) is 37.4 Å². The topological polar surface area (TPSA) is 70.2 Å². The van der Waals surface area contributed by atoms with Crippen LogP contribution < -0.4 is 15.5 Å². The summed E-state index contributed by atoms with van der Waals surface area (Å²) >= 11 is 0. The van der Waals surface area contributed by atoms with E-state index in [-0.39, 0.29) is 5.91 Å². The first kappa shape index (κ1) is 13.6. The van der Waals surface area contributed by atoms with Crippen molar-refractivity contribution in [3.05, 3.63) is 12.4 Å². The highest BCUT2D eigenvalue weighted by atomic mass is 16.2. The van der Waals surface area contributed by atoms with Crippen molar-refractivity contribution in [2.75, 3.05) is 30.4 Å². The van der Waals surface area contributed by atoms with Crippen molar-refractivity contribution in [1.82, 2.24) is 15.3 Å². The number of carbonyl (C=O) groups is 1. The van der Waals surface area contributed by atoms with Crippen molar-refractivity contribution in [2.45, 2.75) is 32.2 Å². The smallest absolute Gasteiger partial charge is 0.239 e. The Kier molecular flexibility index (Phi) is 4.54. The maximum absolute atomic E-state index is 11.7. The van der Waals surface area contributed by atoms with Crippen LogP contribution in [-0.4, -0.2) is 42.1 Å². The Morgan fingerprint density at radius 1 is 1.47 bits per heavy atom. The van der Waals surface area contributed by atoms with Gasteiger partial charge >= 0.3 is 0 Å². The van der Waals surface area contributed by atoms with Crippen LogP contribution in [0, 0.1) is 0 Å². The molecule has 2 N–H and O–H groups in total. The van der Waals surface area contributed by atoms with Gasteiger partial charge in [0, 0.05) is 25.7 Å². The molecule has 0 atom stereocenters. The van der Waals surface area contributed by atoms with Gasteiger partial charge in [-0.3, -0.25) is 4.79 Å². The molecule has 0 spiro atoms. The maximum atomic E-state index is 11.7. The zero-order chi connectivity index (χ0) is 13.7. The summed E-state index contributed by atoms with van der Waals surface area (Å²) in [6.07, 6.45) is 4.77. The molecular weight excluding hydrogens is 242 g/mol. The van der Waals surface area contributed by atoms with Crippen LogP contribution in [0.25, 0.3) is 0 Å². The highest BCUT2D eigenvalue weighted by molar-refractivity contribution is 5.81. The van der Waals surface area contributed by atoms with Gasteiger partial charge in [0.1, 0.15) is 18.0 Å². The van der Waals surface area contributed by atoms with Gasteiger partial charge in [0.05, 0.1) is 6.54 Å². The second-order valence-corrected chi connectivity index (χ2v) is 4.89. The average Bonchev–Trinajstić information content (AvgIpc) is 3.20. The molecule has 1 saturated carbocycles. The predicted octanol–water partition coefficient (Wildman–Crippen LogP) is 1.01. The fraction of sp³-hybridized carbons (Fsp3) is 0.615. The molecule has 0 aromatic carbocycles. The molecule has 0 saturated heterocycles. The van der Waals surface area contributed by atoms with E-state index < -0.39 is 0 Å². The quantitative estimate of drug-likeness (QED) is 0.768. The largest absolute Gasteiger partial charge is 0.370 e. The number of nitrogens with one attached hydrogen (secondary N) is 2. The standard InChI is InChI=1S/C13H21N5O/c1-3-6-14-11-7-12(16-9-15-11)18(2)8-13(19)17-10-4-5-10/h7,9-10H,3-6,8H2,1-2H3,(H,17,19)(H,14,15,16). The summed E-state index contributed by atoms with van der Waals surface area (Å²) in [6.45, 7) is 3.30. The SMILES string of the molecule is CCCNc1cc(N(C)CC(=O)NC2CC2)ncn1. The summed E-state index contributed by atoms with van der Waals surface area (Å²) < 4.78 is 0. The number of amides is 1. The molecule has 0 aliphatic heterocycles. The van der Waals surface area contributed by atoms with Crippen molar-refractivity contribution < 1.29 is 4.79 Å². The van der Waals surface area contributed by atoms with Gasteiger partial charge in [0.15, 0.2) is 0 Å². The van der Waals surface area contributed by atoms with Crippen molar-refractivity contribution in [3.8, 4) is 0 Å². The third-order valence-electron chi connectivity index (χ3n) is 2.92. The van der Waals surface area contributed by atoms with Crippen LogP contribution in [0.2, 0.25) is 0 Å². The highest BCUT2D eigenvalue weighted by Gasteiger charge is 2.23. The van der Waals surface area contributed by atoms with E-state index in [2.05, 4.69) is 27.5 Å². The molecule has 1 heterocycles. The van der Waals surface area contributed by atoms with Gasteiger partial charge in [-0.25, -0.2) is 9.97 Å². The molecular formula is C13H21N5O. The number of aromatic nitrogens is 2. The minimum Gasteiger partial charge on any atom is -0.370 e. The van der Waals surface area contributed by atoms with Crippen LogP contribution in [0.4, 0.5) is 11.6 Å². The van der Waals surface area contributed by atoms with Gasteiger partial charge in [0.25, 0.3) is 0 Å². The Labute approximate surface area is 113 Å². The molecule has 1 aliphatic rings. The number of anilines is 2. The van der Waals surface area contributed by atoms with Gasteiger partial charge < -0.3 is 15.5 Å². The lowest BCUT2D eigenvalue weighted by molar-refractivity contribution is -0.119. The molecule has 2 rings (SSSR count). The minimum atomic E-state index is 0.0479. The molecule has 1 amide bonds. The lowest BCUT2D eigenvalue weighted by Gasteiger charge is -2.18. The molecule has 0 bridgehead atoms. The molecule has 0 radical (unpaired) electrons. The third-order valence-corrected chi connectivity index (χ3v) is 2.92. The first-order valence-electron chi connectivity index (χ1n) is 6.75. The van der Waals surface area contributed by atoms with Crippen molar-refractivity contribution >= 4 is 17.5 Å². The number of rotatable bonds is 7. The number of nitrogens with zero attached hydrogens (tertiary/aromatic N) is 3. The van der Waals surface area contributed by atoms with E-state index in [1.165, 1.54) is 6.33 Å².